The van der Waals surface area contributed by atoms with E-state index in [-0.39, 0.29) is 5.38 Å². The highest BCUT2D eigenvalue weighted by Crippen LogP contribution is 2.35. The Morgan fingerprint density at radius 1 is 1.17 bits per heavy atom. The second kappa shape index (κ2) is 5.94. The SMILES string of the molecule is CCC(C)c1ccc(C(Cl)c2ccoc2Br)cc1. The van der Waals surface area contributed by atoms with Crippen molar-refractivity contribution >= 4 is 27.5 Å². The lowest BCUT2D eigenvalue weighted by atomic mass is 9.96. The third kappa shape index (κ3) is 2.81. The summed E-state index contributed by atoms with van der Waals surface area (Å²) in [5, 5.41) is -0.177. The molecule has 0 amide bonds. The lowest BCUT2D eigenvalue weighted by Gasteiger charge is -2.12. The number of furan rings is 1. The Hall–Kier alpha value is -0.730. The zero-order chi connectivity index (χ0) is 13.1. The summed E-state index contributed by atoms with van der Waals surface area (Å²) in [4.78, 5) is 0. The van der Waals surface area contributed by atoms with Crippen LogP contribution in [0.25, 0.3) is 0 Å². The van der Waals surface area contributed by atoms with Gasteiger partial charge >= 0.3 is 0 Å². The van der Waals surface area contributed by atoms with Gasteiger partial charge in [0.15, 0.2) is 4.67 Å². The summed E-state index contributed by atoms with van der Waals surface area (Å²) in [5.41, 5.74) is 3.41. The van der Waals surface area contributed by atoms with E-state index in [0.29, 0.717) is 10.6 Å². The summed E-state index contributed by atoms with van der Waals surface area (Å²) in [7, 11) is 0. The lowest BCUT2D eigenvalue weighted by molar-refractivity contribution is 0.537. The molecular formula is C15H16BrClO. The van der Waals surface area contributed by atoms with E-state index in [1.165, 1.54) is 5.56 Å². The molecule has 1 aromatic heterocycles. The highest BCUT2D eigenvalue weighted by molar-refractivity contribution is 9.10. The predicted octanol–water partition coefficient (Wildman–Crippen LogP) is 5.88. The molecule has 0 N–H and O–H groups in total. The van der Waals surface area contributed by atoms with Gasteiger partial charge in [0.25, 0.3) is 0 Å². The van der Waals surface area contributed by atoms with Crippen LogP contribution in [-0.4, -0.2) is 0 Å². The van der Waals surface area contributed by atoms with Crippen LogP contribution in [0.2, 0.25) is 0 Å². The summed E-state index contributed by atoms with van der Waals surface area (Å²) in [6.07, 6.45) is 2.79. The third-order valence-electron chi connectivity index (χ3n) is 3.33. The molecule has 0 spiro atoms. The van der Waals surface area contributed by atoms with Crippen molar-refractivity contribution in [2.45, 2.75) is 31.6 Å². The van der Waals surface area contributed by atoms with Crippen LogP contribution in [0.1, 0.15) is 48.3 Å². The molecule has 1 aromatic carbocycles. The number of hydrogen-bond acceptors (Lipinski definition) is 1. The Kier molecular flexibility index (Phi) is 4.52. The number of hydrogen-bond donors (Lipinski definition) is 0. The topological polar surface area (TPSA) is 13.1 Å². The predicted molar refractivity (Wildman–Crippen MR) is 79.3 cm³/mol. The average molecular weight is 328 g/mol. The summed E-state index contributed by atoms with van der Waals surface area (Å²) < 4.78 is 5.92. The van der Waals surface area contributed by atoms with E-state index in [4.69, 9.17) is 16.0 Å². The first-order valence-electron chi connectivity index (χ1n) is 6.10. The van der Waals surface area contributed by atoms with Gasteiger partial charge in [-0.25, -0.2) is 0 Å². The Morgan fingerprint density at radius 2 is 1.78 bits per heavy atom. The molecule has 1 heterocycles. The van der Waals surface area contributed by atoms with Crippen molar-refractivity contribution in [1.82, 2.24) is 0 Å². The normalized spacial score (nSPS) is 14.4. The molecule has 18 heavy (non-hydrogen) atoms. The molecule has 0 aliphatic carbocycles. The van der Waals surface area contributed by atoms with Gasteiger partial charge < -0.3 is 4.42 Å². The molecule has 0 aliphatic rings. The molecule has 2 rings (SSSR count). The Bertz CT molecular complexity index is 503. The van der Waals surface area contributed by atoms with Crippen LogP contribution in [0.5, 0.6) is 0 Å². The van der Waals surface area contributed by atoms with Crippen molar-refractivity contribution in [2.75, 3.05) is 0 Å². The van der Waals surface area contributed by atoms with Gasteiger partial charge in [-0.2, -0.15) is 0 Å². The first-order chi connectivity index (χ1) is 8.63. The van der Waals surface area contributed by atoms with Gasteiger partial charge in [-0.05, 0) is 45.5 Å². The zero-order valence-corrected chi connectivity index (χ0v) is 12.8. The van der Waals surface area contributed by atoms with Gasteiger partial charge in [-0.1, -0.05) is 38.1 Å². The zero-order valence-electron chi connectivity index (χ0n) is 10.5. The van der Waals surface area contributed by atoms with Gasteiger partial charge in [0, 0.05) is 5.56 Å². The molecule has 0 saturated carbocycles. The van der Waals surface area contributed by atoms with Gasteiger partial charge in [0.2, 0.25) is 0 Å². The fourth-order valence-electron chi connectivity index (χ4n) is 1.89. The van der Waals surface area contributed by atoms with Crippen LogP contribution in [-0.2, 0) is 0 Å². The van der Waals surface area contributed by atoms with Gasteiger partial charge in [-0.3, -0.25) is 0 Å². The molecule has 3 heteroatoms. The van der Waals surface area contributed by atoms with Crippen molar-refractivity contribution in [3.8, 4) is 0 Å². The Morgan fingerprint density at radius 3 is 2.28 bits per heavy atom. The number of halogens is 2. The first kappa shape index (κ1) is 13.7. The van der Waals surface area contributed by atoms with Crippen LogP contribution in [0.15, 0.2) is 45.7 Å². The van der Waals surface area contributed by atoms with E-state index in [9.17, 15) is 0 Å². The van der Waals surface area contributed by atoms with E-state index in [0.717, 1.165) is 17.5 Å². The standard InChI is InChI=1S/C15H16BrClO/c1-3-10(2)11-4-6-12(7-5-11)14(17)13-8-9-18-15(13)16/h4-10,14H,3H2,1-2H3. The van der Waals surface area contributed by atoms with Crippen LogP contribution in [0.4, 0.5) is 0 Å². The highest BCUT2D eigenvalue weighted by atomic mass is 79.9. The van der Waals surface area contributed by atoms with Crippen molar-refractivity contribution in [3.05, 3.63) is 58.0 Å². The third-order valence-corrected chi connectivity index (χ3v) is 4.46. The monoisotopic (exact) mass is 326 g/mol. The fourth-order valence-corrected chi connectivity index (χ4v) is 2.81. The van der Waals surface area contributed by atoms with Crippen molar-refractivity contribution in [3.63, 3.8) is 0 Å². The number of benzene rings is 1. The van der Waals surface area contributed by atoms with Gasteiger partial charge in [0.1, 0.15) is 0 Å². The molecule has 0 fully saturated rings. The maximum atomic E-state index is 6.45. The Balaban J connectivity index is 2.22. The lowest BCUT2D eigenvalue weighted by Crippen LogP contribution is -1.95. The van der Waals surface area contributed by atoms with Crippen LogP contribution >= 0.6 is 27.5 Å². The van der Waals surface area contributed by atoms with E-state index in [1.807, 2.05) is 6.07 Å². The first-order valence-corrected chi connectivity index (χ1v) is 7.33. The van der Waals surface area contributed by atoms with Crippen LogP contribution < -0.4 is 0 Å². The molecule has 0 radical (unpaired) electrons. The summed E-state index contributed by atoms with van der Waals surface area (Å²) in [6.45, 7) is 4.44. The molecule has 2 aromatic rings. The van der Waals surface area contributed by atoms with Gasteiger partial charge in [0.05, 0.1) is 11.6 Å². The Labute approximate surface area is 121 Å². The van der Waals surface area contributed by atoms with Crippen LogP contribution in [0.3, 0.4) is 0 Å². The molecule has 0 bridgehead atoms. The maximum Gasteiger partial charge on any atom is 0.173 e. The molecule has 0 saturated heterocycles. The molecule has 96 valence electrons. The van der Waals surface area contributed by atoms with Crippen LogP contribution in [0, 0.1) is 0 Å². The second-order valence-electron chi connectivity index (χ2n) is 4.49. The maximum absolute atomic E-state index is 6.45. The number of rotatable bonds is 4. The fraction of sp³-hybridized carbons (Fsp3) is 0.333. The van der Waals surface area contributed by atoms with Crippen molar-refractivity contribution in [2.24, 2.45) is 0 Å². The minimum Gasteiger partial charge on any atom is -0.457 e. The van der Waals surface area contributed by atoms with Crippen molar-refractivity contribution in [1.29, 1.82) is 0 Å². The van der Waals surface area contributed by atoms with E-state index < -0.39 is 0 Å². The number of alkyl halides is 1. The highest BCUT2D eigenvalue weighted by Gasteiger charge is 2.16. The summed E-state index contributed by atoms with van der Waals surface area (Å²) >= 11 is 9.82. The summed E-state index contributed by atoms with van der Waals surface area (Å²) in [6, 6.07) is 10.4. The quantitative estimate of drug-likeness (QED) is 0.639. The molecule has 2 unspecified atom stereocenters. The largest absolute Gasteiger partial charge is 0.457 e. The molecule has 0 aliphatic heterocycles. The van der Waals surface area contributed by atoms with E-state index in [1.54, 1.807) is 6.26 Å². The minimum absolute atomic E-state index is 0.177. The van der Waals surface area contributed by atoms with Crippen molar-refractivity contribution < 1.29 is 4.42 Å². The van der Waals surface area contributed by atoms with Gasteiger partial charge in [-0.15, -0.1) is 11.6 Å². The minimum atomic E-state index is -0.177. The molecule has 2 atom stereocenters. The summed E-state index contributed by atoms with van der Waals surface area (Å²) in [5.74, 6) is 0.591. The molecular weight excluding hydrogens is 312 g/mol. The smallest absolute Gasteiger partial charge is 0.173 e. The van der Waals surface area contributed by atoms with E-state index >= 15 is 0 Å². The van der Waals surface area contributed by atoms with E-state index in [2.05, 4.69) is 54.0 Å². The average Bonchev–Trinajstić information content (AvgIpc) is 2.83. The molecule has 1 nitrogen and oxygen atoms in total. The second-order valence-corrected chi connectivity index (χ2v) is 5.64.